The fourth-order valence-electron chi connectivity index (χ4n) is 3.92. The van der Waals surface area contributed by atoms with Gasteiger partial charge in [-0.25, -0.2) is 8.78 Å². The fourth-order valence-corrected chi connectivity index (χ4v) is 4.03. The summed E-state index contributed by atoms with van der Waals surface area (Å²) in [4.78, 5) is 12.4. The van der Waals surface area contributed by atoms with Gasteiger partial charge in [-0.05, 0) is 67.7 Å². The van der Waals surface area contributed by atoms with Gasteiger partial charge in [0.15, 0.2) is 0 Å². The maximum Gasteiger partial charge on any atom is 0.130 e. The quantitative estimate of drug-likeness (QED) is 0.247. The largest absolute Gasteiger partial charge is 0.355 e. The summed E-state index contributed by atoms with van der Waals surface area (Å²) < 4.78 is 30.3. The van der Waals surface area contributed by atoms with E-state index in [0.717, 1.165) is 34.9 Å². The molecule has 0 spiro atoms. The van der Waals surface area contributed by atoms with Crippen LogP contribution in [0.15, 0.2) is 65.4 Å². The first kappa shape index (κ1) is 22.9. The first-order valence-corrected chi connectivity index (χ1v) is 10.4. The number of anilines is 1. The number of aldehydes is 1. The Morgan fingerprint density at radius 1 is 1.16 bits per heavy atom. The van der Waals surface area contributed by atoms with Gasteiger partial charge >= 0.3 is 0 Å². The predicted octanol–water partition coefficient (Wildman–Crippen LogP) is 5.17. The molecule has 1 atom stereocenters. The maximum atomic E-state index is 13.8. The van der Waals surface area contributed by atoms with E-state index < -0.39 is 17.0 Å². The molecule has 0 bridgehead atoms. The minimum absolute atomic E-state index is 0.138. The molecule has 1 aliphatic rings. The zero-order chi connectivity index (χ0) is 22.4. The van der Waals surface area contributed by atoms with Crippen molar-refractivity contribution in [3.63, 3.8) is 0 Å². The van der Waals surface area contributed by atoms with Crippen LogP contribution in [0, 0.1) is 29.4 Å². The van der Waals surface area contributed by atoms with Gasteiger partial charge in [0.25, 0.3) is 0 Å². The van der Waals surface area contributed by atoms with Gasteiger partial charge in [0.2, 0.25) is 0 Å². The summed E-state index contributed by atoms with van der Waals surface area (Å²) in [5.41, 5.74) is 3.59. The minimum atomic E-state index is -1.00. The predicted molar refractivity (Wildman–Crippen MR) is 123 cm³/mol. The van der Waals surface area contributed by atoms with Crippen molar-refractivity contribution in [3.8, 4) is 0 Å². The van der Waals surface area contributed by atoms with E-state index in [1.807, 2.05) is 37.3 Å². The number of carbonyl (C=O) groups is 1. The highest BCUT2D eigenvalue weighted by Gasteiger charge is 2.38. The Morgan fingerprint density at radius 2 is 1.84 bits per heavy atom. The molecule has 0 radical (unpaired) electrons. The molecule has 1 unspecified atom stereocenters. The summed E-state index contributed by atoms with van der Waals surface area (Å²) in [6.07, 6.45) is 4.85. The molecule has 7 heteroatoms. The number of carbonyl (C=O) groups excluding carboxylic acids is 1. The molecule has 2 aromatic rings. The molecule has 1 aliphatic carbocycles. The third-order valence-electron chi connectivity index (χ3n) is 5.49. The Bertz CT molecular complexity index is 1010. The molecule has 0 aromatic heterocycles. The summed E-state index contributed by atoms with van der Waals surface area (Å²) in [5, 5.41) is 11.3. The summed E-state index contributed by atoms with van der Waals surface area (Å²) in [7, 11) is 0. The van der Waals surface area contributed by atoms with Gasteiger partial charge in [-0.2, -0.15) is 0 Å². The molecule has 4 nitrogen and oxygen atoms in total. The number of allylic oxidation sites excluding steroid dienone is 2. The fraction of sp³-hybridized carbons (Fsp3) is 0.250. The first-order chi connectivity index (χ1) is 14.9. The monoisotopic (exact) mass is 441 g/mol. The van der Waals surface area contributed by atoms with E-state index >= 15 is 0 Å². The third-order valence-corrected chi connectivity index (χ3v) is 5.71. The first-order valence-electron chi connectivity index (χ1n) is 9.96. The van der Waals surface area contributed by atoms with Crippen LogP contribution in [0.2, 0.25) is 0 Å². The van der Waals surface area contributed by atoms with E-state index in [1.165, 1.54) is 18.3 Å². The van der Waals surface area contributed by atoms with Crippen molar-refractivity contribution in [2.45, 2.75) is 26.2 Å². The Labute approximate surface area is 186 Å². The van der Waals surface area contributed by atoms with Gasteiger partial charge in [-0.3, -0.25) is 4.72 Å². The molecular formula is C24H25F2N3OS. The lowest BCUT2D eigenvalue weighted by Gasteiger charge is -2.36. The summed E-state index contributed by atoms with van der Waals surface area (Å²) >= 11 is 4.05. The molecule has 0 saturated carbocycles. The van der Waals surface area contributed by atoms with Crippen LogP contribution < -0.4 is 10.0 Å². The molecular weight excluding hydrogens is 416 g/mol. The normalized spacial score (nSPS) is 18.5. The Kier molecular flexibility index (Phi) is 7.41. The van der Waals surface area contributed by atoms with E-state index in [2.05, 4.69) is 22.9 Å². The van der Waals surface area contributed by atoms with Crippen molar-refractivity contribution in [2.75, 3.05) is 11.9 Å². The zero-order valence-electron chi connectivity index (χ0n) is 17.2. The van der Waals surface area contributed by atoms with Crippen LogP contribution in [0.1, 0.15) is 24.0 Å². The van der Waals surface area contributed by atoms with Crippen molar-refractivity contribution < 1.29 is 13.6 Å². The second kappa shape index (κ2) is 10.0. The average molecular weight is 442 g/mol. The van der Waals surface area contributed by atoms with Crippen molar-refractivity contribution >= 4 is 31.0 Å². The number of aryl methyl sites for hydroxylation is 1. The van der Waals surface area contributed by atoms with Gasteiger partial charge < -0.3 is 15.5 Å². The SMILES string of the molecule is Cc1ccc(NC2=C(C=N)CC(C=O)(Cc3cc(F)cc(F)c3)C(CCNS)=C2)cc1. The number of benzene rings is 2. The highest BCUT2D eigenvalue weighted by atomic mass is 32.1. The zero-order valence-corrected chi connectivity index (χ0v) is 18.1. The number of nitrogens with one attached hydrogen (secondary N) is 3. The molecule has 0 heterocycles. The number of hydrogen-bond acceptors (Lipinski definition) is 5. The molecule has 31 heavy (non-hydrogen) atoms. The smallest absolute Gasteiger partial charge is 0.130 e. The van der Waals surface area contributed by atoms with Gasteiger partial charge in [-0.1, -0.05) is 36.1 Å². The molecule has 0 aliphatic heterocycles. The minimum Gasteiger partial charge on any atom is -0.355 e. The van der Waals surface area contributed by atoms with Crippen LogP contribution in [0.3, 0.4) is 0 Å². The number of thiol groups is 1. The van der Waals surface area contributed by atoms with E-state index in [-0.39, 0.29) is 12.8 Å². The molecule has 0 amide bonds. The standard InChI is InChI=1S/C24H25F2N3OS/c1-16-2-4-22(5-3-16)29-23-10-19(6-7-28-31)24(15-30,13-18(23)14-27)12-17-8-20(25)11-21(26)9-17/h2-5,8-11,14-15,27-29,31H,6-7,12-13H2,1H3. The van der Waals surface area contributed by atoms with Crippen LogP contribution in [-0.2, 0) is 11.2 Å². The molecule has 3 rings (SSSR count). The van der Waals surface area contributed by atoms with Crippen LogP contribution in [0.4, 0.5) is 14.5 Å². The maximum absolute atomic E-state index is 13.8. The molecule has 2 aromatic carbocycles. The van der Waals surface area contributed by atoms with E-state index in [0.29, 0.717) is 24.1 Å². The van der Waals surface area contributed by atoms with Crippen molar-refractivity contribution in [2.24, 2.45) is 5.41 Å². The molecule has 0 fully saturated rings. The highest BCUT2D eigenvalue weighted by Crippen LogP contribution is 2.42. The topological polar surface area (TPSA) is 65.0 Å². The number of halogens is 2. The number of rotatable bonds is 9. The van der Waals surface area contributed by atoms with Gasteiger partial charge in [0.1, 0.15) is 17.9 Å². The highest BCUT2D eigenvalue weighted by molar-refractivity contribution is 7.78. The van der Waals surface area contributed by atoms with Crippen LogP contribution in [0.5, 0.6) is 0 Å². The summed E-state index contributed by atoms with van der Waals surface area (Å²) in [6.45, 7) is 2.52. The lowest BCUT2D eigenvalue weighted by atomic mass is 9.68. The lowest BCUT2D eigenvalue weighted by molar-refractivity contribution is -0.114. The van der Waals surface area contributed by atoms with Gasteiger partial charge in [-0.15, -0.1) is 0 Å². The summed E-state index contributed by atoms with van der Waals surface area (Å²) in [6, 6.07) is 11.2. The second-order valence-corrected chi connectivity index (χ2v) is 8.12. The molecule has 0 saturated heterocycles. The van der Waals surface area contributed by atoms with E-state index in [9.17, 15) is 13.6 Å². The Morgan fingerprint density at radius 3 is 2.42 bits per heavy atom. The summed E-state index contributed by atoms with van der Waals surface area (Å²) in [5.74, 6) is -1.36. The van der Waals surface area contributed by atoms with E-state index in [4.69, 9.17) is 5.41 Å². The van der Waals surface area contributed by atoms with Crippen molar-refractivity contribution in [1.29, 1.82) is 5.41 Å². The van der Waals surface area contributed by atoms with Gasteiger partial charge in [0, 0.05) is 30.2 Å². The average Bonchev–Trinajstić information content (AvgIpc) is 2.74. The molecule has 3 N–H and O–H groups in total. The Balaban J connectivity index is 2.00. The van der Waals surface area contributed by atoms with Crippen molar-refractivity contribution in [1.82, 2.24) is 4.72 Å². The number of hydrogen-bond donors (Lipinski definition) is 4. The lowest BCUT2D eigenvalue weighted by Crippen LogP contribution is -2.34. The van der Waals surface area contributed by atoms with Crippen LogP contribution in [0.25, 0.3) is 0 Å². The third kappa shape index (κ3) is 5.48. The Hall–Kier alpha value is -2.77. The van der Waals surface area contributed by atoms with Crippen molar-refractivity contribution in [3.05, 3.63) is 88.1 Å². The van der Waals surface area contributed by atoms with Crippen LogP contribution in [-0.4, -0.2) is 19.0 Å². The van der Waals surface area contributed by atoms with Crippen LogP contribution >= 0.6 is 12.8 Å². The second-order valence-electron chi connectivity index (χ2n) is 7.81. The van der Waals surface area contributed by atoms with Gasteiger partial charge in [0.05, 0.1) is 5.41 Å². The van der Waals surface area contributed by atoms with E-state index in [1.54, 1.807) is 0 Å². The molecule has 162 valence electrons.